The summed E-state index contributed by atoms with van der Waals surface area (Å²) in [4.78, 5) is 0. The Kier molecular flexibility index (Phi) is 2.55. The highest BCUT2D eigenvalue weighted by molar-refractivity contribution is 4.91. The molecule has 0 bridgehead atoms. The van der Waals surface area contributed by atoms with E-state index in [-0.39, 0.29) is 0 Å². The molecule has 0 N–H and O–H groups in total. The molecule has 0 radical (unpaired) electrons. The zero-order valence-corrected chi connectivity index (χ0v) is 9.38. The molecule has 0 aromatic carbocycles. The van der Waals surface area contributed by atoms with Crippen LogP contribution in [0.25, 0.3) is 0 Å². The molecule has 3 aliphatic rings. The third-order valence-corrected chi connectivity index (χ3v) is 5.39. The number of hydrogen-bond donors (Lipinski definition) is 0. The van der Waals surface area contributed by atoms with Crippen LogP contribution in [0.1, 0.15) is 64.2 Å². The summed E-state index contributed by atoms with van der Waals surface area (Å²) in [5.74, 6) is 4.65. The Bertz CT molecular complexity index is 174. The second kappa shape index (κ2) is 3.87. The molecule has 14 heavy (non-hydrogen) atoms. The summed E-state index contributed by atoms with van der Waals surface area (Å²) in [5, 5.41) is 0. The van der Waals surface area contributed by atoms with Crippen molar-refractivity contribution in [2.24, 2.45) is 23.7 Å². The van der Waals surface area contributed by atoms with Crippen LogP contribution >= 0.6 is 0 Å². The first kappa shape index (κ1) is 9.24. The van der Waals surface area contributed by atoms with Gasteiger partial charge in [0.25, 0.3) is 0 Å². The van der Waals surface area contributed by atoms with Gasteiger partial charge in [0.2, 0.25) is 0 Å². The zero-order valence-electron chi connectivity index (χ0n) is 9.38. The fraction of sp³-hybridized carbons (Fsp3) is 1.00. The van der Waals surface area contributed by atoms with Crippen molar-refractivity contribution in [2.45, 2.75) is 64.2 Å². The third-order valence-electron chi connectivity index (χ3n) is 5.39. The Hall–Kier alpha value is 0. The molecule has 0 aromatic heterocycles. The van der Waals surface area contributed by atoms with Gasteiger partial charge in [-0.1, -0.05) is 38.5 Å². The molecular formula is C14H24. The summed E-state index contributed by atoms with van der Waals surface area (Å²) in [5.41, 5.74) is 0. The second-order valence-corrected chi connectivity index (χ2v) is 5.99. The fourth-order valence-corrected chi connectivity index (χ4v) is 4.74. The lowest BCUT2D eigenvalue weighted by atomic mass is 9.58. The van der Waals surface area contributed by atoms with Gasteiger partial charge in [0.1, 0.15) is 0 Å². The van der Waals surface area contributed by atoms with Gasteiger partial charge in [0.05, 0.1) is 0 Å². The Morgan fingerprint density at radius 2 is 0.857 bits per heavy atom. The molecule has 4 atom stereocenters. The highest BCUT2D eigenvalue weighted by Gasteiger charge is 2.40. The van der Waals surface area contributed by atoms with E-state index in [1.54, 1.807) is 64.2 Å². The Morgan fingerprint density at radius 1 is 0.429 bits per heavy atom. The predicted octanol–water partition coefficient (Wildman–Crippen LogP) is 4.39. The van der Waals surface area contributed by atoms with Crippen molar-refractivity contribution in [3.8, 4) is 0 Å². The topological polar surface area (TPSA) is 0 Å². The highest BCUT2D eigenvalue weighted by atomic mass is 14.5. The third kappa shape index (κ3) is 1.51. The van der Waals surface area contributed by atoms with Crippen molar-refractivity contribution >= 4 is 0 Å². The Labute approximate surface area is 88.5 Å². The minimum Gasteiger partial charge on any atom is -0.0530 e. The first-order valence-electron chi connectivity index (χ1n) is 6.95. The van der Waals surface area contributed by atoms with E-state index in [0.29, 0.717) is 0 Å². The van der Waals surface area contributed by atoms with Crippen LogP contribution in [-0.2, 0) is 0 Å². The van der Waals surface area contributed by atoms with E-state index in [1.165, 1.54) is 11.8 Å². The van der Waals surface area contributed by atoms with Crippen molar-refractivity contribution in [1.29, 1.82) is 0 Å². The Balaban J connectivity index is 1.74. The molecule has 0 spiro atoms. The van der Waals surface area contributed by atoms with Gasteiger partial charge in [-0.15, -0.1) is 0 Å². The molecule has 3 unspecified atom stereocenters. The van der Waals surface area contributed by atoms with Gasteiger partial charge in [-0.2, -0.15) is 0 Å². The Morgan fingerprint density at radius 3 is 1.36 bits per heavy atom. The maximum Gasteiger partial charge on any atom is -0.0355 e. The SMILES string of the molecule is C1CCC2C(C1)CC[C@H]1CCCCC21. The summed E-state index contributed by atoms with van der Waals surface area (Å²) in [6.07, 6.45) is 15.7. The molecule has 0 aromatic rings. The molecule has 3 aliphatic carbocycles. The van der Waals surface area contributed by atoms with E-state index in [9.17, 15) is 0 Å². The van der Waals surface area contributed by atoms with Crippen LogP contribution in [0.15, 0.2) is 0 Å². The maximum atomic E-state index is 1.59. The first-order valence-corrected chi connectivity index (χ1v) is 6.95. The number of hydrogen-bond acceptors (Lipinski definition) is 0. The van der Waals surface area contributed by atoms with Crippen LogP contribution in [0, 0.1) is 23.7 Å². The largest absolute Gasteiger partial charge is 0.0530 e. The minimum absolute atomic E-state index is 1.16. The van der Waals surface area contributed by atoms with Gasteiger partial charge in [-0.05, 0) is 49.4 Å². The highest BCUT2D eigenvalue weighted by Crippen LogP contribution is 2.51. The normalized spacial score (nSPS) is 48.0. The summed E-state index contributed by atoms with van der Waals surface area (Å²) in [7, 11) is 0. The molecule has 0 heterocycles. The summed E-state index contributed by atoms with van der Waals surface area (Å²) >= 11 is 0. The lowest BCUT2D eigenvalue weighted by Gasteiger charge is -2.48. The van der Waals surface area contributed by atoms with E-state index in [4.69, 9.17) is 0 Å². The van der Waals surface area contributed by atoms with Gasteiger partial charge in [0.15, 0.2) is 0 Å². The van der Waals surface area contributed by atoms with E-state index in [2.05, 4.69) is 0 Å². The van der Waals surface area contributed by atoms with E-state index >= 15 is 0 Å². The summed E-state index contributed by atoms with van der Waals surface area (Å²) < 4.78 is 0. The van der Waals surface area contributed by atoms with Crippen molar-refractivity contribution in [3.63, 3.8) is 0 Å². The molecule has 3 fully saturated rings. The predicted molar refractivity (Wildman–Crippen MR) is 60.1 cm³/mol. The average molecular weight is 192 g/mol. The minimum atomic E-state index is 1.16. The monoisotopic (exact) mass is 192 g/mol. The molecule has 3 rings (SSSR count). The van der Waals surface area contributed by atoms with Crippen molar-refractivity contribution in [3.05, 3.63) is 0 Å². The standard InChI is InChI=1S/C14H24/c1-3-7-13-11(5-1)9-10-12-6-2-4-8-14(12)13/h11-14H,1-10H2/t11-,12?,13?,14?/m1/s1. The van der Waals surface area contributed by atoms with Crippen LogP contribution in [0.5, 0.6) is 0 Å². The first-order chi connectivity index (χ1) is 6.95. The van der Waals surface area contributed by atoms with E-state index < -0.39 is 0 Å². The van der Waals surface area contributed by atoms with Crippen LogP contribution in [-0.4, -0.2) is 0 Å². The summed E-state index contributed by atoms with van der Waals surface area (Å²) in [6, 6.07) is 0. The van der Waals surface area contributed by atoms with Crippen LogP contribution in [0.3, 0.4) is 0 Å². The lowest BCUT2D eigenvalue weighted by Crippen LogP contribution is -2.38. The quantitative estimate of drug-likeness (QED) is 0.534. The fourth-order valence-electron chi connectivity index (χ4n) is 4.74. The molecule has 80 valence electrons. The van der Waals surface area contributed by atoms with E-state index in [0.717, 1.165) is 11.8 Å². The van der Waals surface area contributed by atoms with Crippen LogP contribution < -0.4 is 0 Å². The van der Waals surface area contributed by atoms with Gasteiger partial charge in [-0.3, -0.25) is 0 Å². The van der Waals surface area contributed by atoms with Crippen molar-refractivity contribution < 1.29 is 0 Å². The number of fused-ring (bicyclic) bond motifs is 3. The molecule has 0 aliphatic heterocycles. The molecule has 0 saturated heterocycles. The van der Waals surface area contributed by atoms with Crippen LogP contribution in [0.4, 0.5) is 0 Å². The molecule has 0 nitrogen and oxygen atoms in total. The van der Waals surface area contributed by atoms with Gasteiger partial charge in [-0.25, -0.2) is 0 Å². The molecule has 0 amide bonds. The smallest absolute Gasteiger partial charge is 0.0355 e. The van der Waals surface area contributed by atoms with Crippen LogP contribution in [0.2, 0.25) is 0 Å². The second-order valence-electron chi connectivity index (χ2n) is 5.99. The van der Waals surface area contributed by atoms with Gasteiger partial charge in [0, 0.05) is 0 Å². The van der Waals surface area contributed by atoms with Gasteiger partial charge < -0.3 is 0 Å². The maximum absolute atomic E-state index is 1.59. The van der Waals surface area contributed by atoms with Crippen molar-refractivity contribution in [2.75, 3.05) is 0 Å². The molecule has 3 saturated carbocycles. The molecular weight excluding hydrogens is 168 g/mol. The summed E-state index contributed by atoms with van der Waals surface area (Å²) in [6.45, 7) is 0. The zero-order chi connectivity index (χ0) is 9.38. The van der Waals surface area contributed by atoms with Gasteiger partial charge >= 0.3 is 0 Å². The average Bonchev–Trinajstić information content (AvgIpc) is 2.29. The number of rotatable bonds is 0. The van der Waals surface area contributed by atoms with E-state index in [1.807, 2.05) is 0 Å². The van der Waals surface area contributed by atoms with Crippen molar-refractivity contribution in [1.82, 2.24) is 0 Å². The lowest BCUT2D eigenvalue weighted by molar-refractivity contribution is 0.0278. The molecule has 0 heteroatoms.